The van der Waals surface area contributed by atoms with Gasteiger partial charge in [-0.2, -0.15) is 0 Å². The molecule has 130 valence electrons. The van der Waals surface area contributed by atoms with Crippen molar-refractivity contribution in [1.29, 1.82) is 0 Å². The van der Waals surface area contributed by atoms with E-state index in [0.717, 1.165) is 30.0 Å². The Kier molecular flexibility index (Phi) is 8.37. The van der Waals surface area contributed by atoms with Gasteiger partial charge in [-0.3, -0.25) is 4.98 Å². The number of unbranched alkanes of at least 4 members (excludes halogenated alkanes) is 5. The molecular weight excluding hydrogens is 294 g/mol. The fourth-order valence-electron chi connectivity index (χ4n) is 2.84. The summed E-state index contributed by atoms with van der Waals surface area (Å²) in [5, 5.41) is 0. The number of aromatic nitrogens is 1. The molecule has 0 unspecified atom stereocenters. The van der Waals surface area contributed by atoms with Gasteiger partial charge in [0.2, 0.25) is 0 Å². The fourth-order valence-corrected chi connectivity index (χ4v) is 2.84. The van der Waals surface area contributed by atoms with Crippen molar-refractivity contribution in [3.05, 3.63) is 48.2 Å². The highest BCUT2D eigenvalue weighted by atomic mass is 16.5. The van der Waals surface area contributed by atoms with Gasteiger partial charge < -0.3 is 4.74 Å². The van der Waals surface area contributed by atoms with E-state index >= 15 is 0 Å². The minimum Gasteiger partial charge on any atom is -0.491 e. The topological polar surface area (TPSA) is 22.1 Å². The van der Waals surface area contributed by atoms with Crippen molar-refractivity contribution < 1.29 is 4.74 Å². The van der Waals surface area contributed by atoms with Crippen LogP contribution in [-0.2, 0) is 6.42 Å². The van der Waals surface area contributed by atoms with E-state index < -0.39 is 0 Å². The molecule has 0 aliphatic heterocycles. The molecule has 1 aromatic carbocycles. The highest BCUT2D eigenvalue weighted by Crippen LogP contribution is 2.28. The van der Waals surface area contributed by atoms with Crippen molar-refractivity contribution in [1.82, 2.24) is 4.98 Å². The molecule has 0 bridgehead atoms. The molecule has 0 N–H and O–H groups in total. The number of nitrogens with zero attached hydrogens (tertiary/aromatic N) is 1. The van der Waals surface area contributed by atoms with Crippen LogP contribution < -0.4 is 4.74 Å². The normalized spacial score (nSPS) is 10.8. The molecule has 0 atom stereocenters. The first-order chi connectivity index (χ1) is 11.8. The fraction of sp³-hybridized carbons (Fsp3) is 0.500. The van der Waals surface area contributed by atoms with Crippen molar-refractivity contribution in [3.8, 4) is 17.0 Å². The lowest BCUT2D eigenvalue weighted by Gasteiger charge is -2.11. The maximum Gasteiger partial charge on any atom is 0.145 e. The van der Waals surface area contributed by atoms with Crippen LogP contribution in [0.25, 0.3) is 11.3 Å². The van der Waals surface area contributed by atoms with Crippen LogP contribution in [0.5, 0.6) is 5.75 Å². The zero-order valence-electron chi connectivity index (χ0n) is 15.3. The molecule has 0 radical (unpaired) electrons. The number of hydrogen-bond donors (Lipinski definition) is 0. The lowest BCUT2D eigenvalue weighted by molar-refractivity contribution is 0.306. The summed E-state index contributed by atoms with van der Waals surface area (Å²) in [6.45, 7) is 5.23. The van der Waals surface area contributed by atoms with E-state index in [1.54, 1.807) is 0 Å². The predicted octanol–water partition coefficient (Wildman–Crippen LogP) is 6.44. The first kappa shape index (κ1) is 18.5. The summed E-state index contributed by atoms with van der Waals surface area (Å²) in [5.74, 6) is 0.893. The average Bonchev–Trinajstić information content (AvgIpc) is 2.63. The van der Waals surface area contributed by atoms with Gasteiger partial charge in [0.1, 0.15) is 11.4 Å². The summed E-state index contributed by atoms with van der Waals surface area (Å²) in [4.78, 5) is 4.54. The summed E-state index contributed by atoms with van der Waals surface area (Å²) < 4.78 is 5.95. The second-order valence-corrected chi connectivity index (χ2v) is 6.41. The zero-order chi connectivity index (χ0) is 17.0. The summed E-state index contributed by atoms with van der Waals surface area (Å²) in [6.07, 6.45) is 11.8. The van der Waals surface area contributed by atoms with Crippen LogP contribution in [0.3, 0.4) is 0 Å². The van der Waals surface area contributed by atoms with Crippen LogP contribution in [0, 0.1) is 0 Å². The molecule has 2 heteroatoms. The van der Waals surface area contributed by atoms with Gasteiger partial charge >= 0.3 is 0 Å². The van der Waals surface area contributed by atoms with Gasteiger partial charge in [-0.25, -0.2) is 0 Å². The molecule has 0 aliphatic rings. The third kappa shape index (κ3) is 5.99. The molecule has 24 heavy (non-hydrogen) atoms. The number of ether oxygens (including phenoxy) is 1. The Labute approximate surface area is 147 Å². The van der Waals surface area contributed by atoms with Crippen LogP contribution in [0.15, 0.2) is 42.6 Å². The molecule has 1 aromatic heterocycles. The monoisotopic (exact) mass is 325 g/mol. The molecule has 0 saturated carbocycles. The Hall–Kier alpha value is -1.83. The summed E-state index contributed by atoms with van der Waals surface area (Å²) in [6, 6.07) is 12.8. The largest absolute Gasteiger partial charge is 0.491 e. The van der Waals surface area contributed by atoms with E-state index in [1.807, 2.05) is 18.3 Å². The summed E-state index contributed by atoms with van der Waals surface area (Å²) in [7, 11) is 0. The van der Waals surface area contributed by atoms with Gasteiger partial charge in [0.05, 0.1) is 6.61 Å². The molecule has 1 heterocycles. The minimum absolute atomic E-state index is 0.766. The van der Waals surface area contributed by atoms with Crippen LogP contribution in [0.2, 0.25) is 0 Å². The second-order valence-electron chi connectivity index (χ2n) is 6.41. The SMILES string of the molecule is CCCCCCc1ccc(-c2ncccc2OCCCCC)cc1. The molecule has 2 nitrogen and oxygen atoms in total. The molecule has 2 rings (SSSR count). The Morgan fingerprint density at radius 1 is 0.833 bits per heavy atom. The maximum atomic E-state index is 5.95. The maximum absolute atomic E-state index is 5.95. The van der Waals surface area contributed by atoms with Crippen LogP contribution in [-0.4, -0.2) is 11.6 Å². The molecular formula is C22H31NO. The lowest BCUT2D eigenvalue weighted by atomic mass is 10.0. The molecule has 0 aliphatic carbocycles. The lowest BCUT2D eigenvalue weighted by Crippen LogP contribution is -1.99. The minimum atomic E-state index is 0.766. The van der Waals surface area contributed by atoms with Gasteiger partial charge in [0, 0.05) is 11.8 Å². The van der Waals surface area contributed by atoms with Crippen molar-refractivity contribution in [2.45, 2.75) is 65.2 Å². The Morgan fingerprint density at radius 2 is 1.58 bits per heavy atom. The quantitative estimate of drug-likeness (QED) is 0.443. The third-order valence-corrected chi connectivity index (χ3v) is 4.32. The smallest absolute Gasteiger partial charge is 0.145 e. The van der Waals surface area contributed by atoms with Crippen LogP contribution in [0.1, 0.15) is 64.4 Å². The molecule has 0 spiro atoms. The highest BCUT2D eigenvalue weighted by Gasteiger charge is 2.07. The highest BCUT2D eigenvalue weighted by molar-refractivity contribution is 5.66. The molecule has 0 saturated heterocycles. The van der Waals surface area contributed by atoms with Gasteiger partial charge in [0.15, 0.2) is 0 Å². The van der Waals surface area contributed by atoms with Crippen molar-refractivity contribution in [3.63, 3.8) is 0 Å². The van der Waals surface area contributed by atoms with Gasteiger partial charge in [0.25, 0.3) is 0 Å². The summed E-state index contributed by atoms with van der Waals surface area (Å²) >= 11 is 0. The van der Waals surface area contributed by atoms with Crippen molar-refractivity contribution in [2.24, 2.45) is 0 Å². The number of hydrogen-bond acceptors (Lipinski definition) is 2. The Balaban J connectivity index is 1.97. The van der Waals surface area contributed by atoms with E-state index in [2.05, 4.69) is 43.1 Å². The number of pyridine rings is 1. The van der Waals surface area contributed by atoms with Gasteiger partial charge in [-0.15, -0.1) is 0 Å². The number of aryl methyl sites for hydroxylation is 1. The van der Waals surface area contributed by atoms with Gasteiger partial charge in [-0.05, 0) is 37.0 Å². The summed E-state index contributed by atoms with van der Waals surface area (Å²) in [5.41, 5.74) is 3.50. The van der Waals surface area contributed by atoms with E-state index in [4.69, 9.17) is 4.74 Å². The second kappa shape index (κ2) is 10.9. The first-order valence-corrected chi connectivity index (χ1v) is 9.52. The van der Waals surface area contributed by atoms with Crippen molar-refractivity contribution >= 4 is 0 Å². The van der Waals surface area contributed by atoms with E-state index in [-0.39, 0.29) is 0 Å². The molecule has 0 fully saturated rings. The van der Waals surface area contributed by atoms with E-state index in [9.17, 15) is 0 Å². The number of rotatable bonds is 11. The van der Waals surface area contributed by atoms with Crippen molar-refractivity contribution in [2.75, 3.05) is 6.61 Å². The Morgan fingerprint density at radius 3 is 2.33 bits per heavy atom. The number of benzene rings is 1. The standard InChI is InChI=1S/C22H31NO/c1-3-5-7-8-11-19-13-15-20(16-14-19)22-21(12-10-17-23-22)24-18-9-6-4-2/h10,12-17H,3-9,11,18H2,1-2H3. The Bertz CT molecular complexity index is 577. The zero-order valence-corrected chi connectivity index (χ0v) is 15.3. The first-order valence-electron chi connectivity index (χ1n) is 9.52. The third-order valence-electron chi connectivity index (χ3n) is 4.32. The van der Waals surface area contributed by atoms with E-state index in [1.165, 1.54) is 50.5 Å². The van der Waals surface area contributed by atoms with Crippen LogP contribution >= 0.6 is 0 Å². The van der Waals surface area contributed by atoms with Gasteiger partial charge in [-0.1, -0.05) is 70.2 Å². The predicted molar refractivity (Wildman–Crippen MR) is 103 cm³/mol. The molecule has 2 aromatic rings. The van der Waals surface area contributed by atoms with E-state index in [0.29, 0.717) is 0 Å². The average molecular weight is 325 g/mol. The molecule has 0 amide bonds. The van der Waals surface area contributed by atoms with Crippen LogP contribution in [0.4, 0.5) is 0 Å².